The summed E-state index contributed by atoms with van der Waals surface area (Å²) in [5, 5.41) is 11.6. The number of aromatic carboxylic acids is 1. The van der Waals surface area contributed by atoms with Crippen LogP contribution in [0.3, 0.4) is 0 Å². The number of nitrogens with one attached hydrogen (secondary N) is 1. The maximum Gasteiger partial charge on any atom is 0.335 e. The summed E-state index contributed by atoms with van der Waals surface area (Å²) in [7, 11) is 0. The number of carboxylic acid groups (broad SMARTS) is 1. The summed E-state index contributed by atoms with van der Waals surface area (Å²) in [5.74, 6) is -0.569. The lowest BCUT2D eigenvalue weighted by molar-refractivity contribution is -0.117. The van der Waals surface area contributed by atoms with Gasteiger partial charge in [-0.3, -0.25) is 4.79 Å². The van der Waals surface area contributed by atoms with E-state index in [0.29, 0.717) is 16.6 Å². The number of rotatable bonds is 6. The molecule has 0 aliphatic rings. The first kappa shape index (κ1) is 16.0. The van der Waals surface area contributed by atoms with Crippen LogP contribution in [0.15, 0.2) is 22.7 Å². The molecule has 5 nitrogen and oxygen atoms in total. The maximum absolute atomic E-state index is 11.8. The fourth-order valence-corrected chi connectivity index (χ4v) is 2.38. The average molecular weight is 347 g/mol. The lowest BCUT2D eigenvalue weighted by atomic mass is 10.2. The van der Waals surface area contributed by atoms with Crippen molar-refractivity contribution in [1.82, 2.24) is 0 Å². The number of carboxylic acids is 1. The summed E-state index contributed by atoms with van der Waals surface area (Å²) >= 11 is 4.82. The average Bonchev–Trinajstić information content (AvgIpc) is 2.34. The second-order valence-electron chi connectivity index (χ2n) is 3.91. The molecule has 1 rings (SSSR count). The Bertz CT molecular complexity index is 482. The van der Waals surface area contributed by atoms with Crippen molar-refractivity contribution >= 4 is 45.3 Å². The van der Waals surface area contributed by atoms with Crippen molar-refractivity contribution in [2.75, 3.05) is 17.3 Å². The zero-order valence-corrected chi connectivity index (χ0v) is 12.8. The molecule has 7 heteroatoms. The zero-order chi connectivity index (χ0) is 14.4. The van der Waals surface area contributed by atoms with E-state index in [9.17, 15) is 9.59 Å². The van der Waals surface area contributed by atoms with E-state index in [1.54, 1.807) is 17.8 Å². The van der Waals surface area contributed by atoms with Crippen molar-refractivity contribution in [3.8, 4) is 0 Å². The second kappa shape index (κ2) is 7.52. The molecule has 0 saturated carbocycles. The van der Waals surface area contributed by atoms with Gasteiger partial charge in [-0.15, -0.1) is 0 Å². The molecule has 0 saturated heterocycles. The molecule has 0 unspecified atom stereocenters. The summed E-state index contributed by atoms with van der Waals surface area (Å²) in [6, 6.07) is 3.89. The molecule has 0 aliphatic carbocycles. The number of carbonyl (C=O) groups excluding carboxylic acids is 1. The normalized spacial score (nSPS) is 11.9. The van der Waals surface area contributed by atoms with Crippen LogP contribution in [0, 0.1) is 0 Å². The highest BCUT2D eigenvalue weighted by Gasteiger charge is 2.14. The van der Waals surface area contributed by atoms with Crippen LogP contribution < -0.4 is 11.1 Å². The molecular weight excluding hydrogens is 332 g/mol. The van der Waals surface area contributed by atoms with Crippen LogP contribution in [0.5, 0.6) is 0 Å². The Kier molecular flexibility index (Phi) is 6.33. The van der Waals surface area contributed by atoms with E-state index in [0.717, 1.165) is 5.75 Å². The number of halogens is 1. The molecule has 0 aromatic heterocycles. The highest BCUT2D eigenvalue weighted by atomic mass is 79.9. The highest BCUT2D eigenvalue weighted by molar-refractivity contribution is 9.10. The molecule has 0 spiro atoms. The van der Waals surface area contributed by atoms with Crippen molar-refractivity contribution in [2.45, 2.75) is 12.5 Å². The third kappa shape index (κ3) is 5.22. The van der Waals surface area contributed by atoms with Crippen LogP contribution in [0.2, 0.25) is 0 Å². The quantitative estimate of drug-likeness (QED) is 0.733. The molecule has 4 N–H and O–H groups in total. The first-order valence-corrected chi connectivity index (χ1v) is 7.72. The molecule has 0 heterocycles. The lowest BCUT2D eigenvalue weighted by Gasteiger charge is -2.12. The summed E-state index contributed by atoms with van der Waals surface area (Å²) in [4.78, 5) is 22.7. The number of thioether (sulfide) groups is 1. The monoisotopic (exact) mass is 346 g/mol. The van der Waals surface area contributed by atoms with Crippen molar-refractivity contribution in [2.24, 2.45) is 5.73 Å². The standard InChI is InChI=1S/C12H15BrN2O3S/c1-19-3-2-10(14)11(16)15-9-5-7(12(17)18)4-8(13)6-9/h4-6,10H,2-3,14H2,1H3,(H,15,16)(H,17,18)/t10-/m0/s1. The van der Waals surface area contributed by atoms with E-state index in [2.05, 4.69) is 21.2 Å². The number of hydrogen-bond acceptors (Lipinski definition) is 4. The third-order valence-corrected chi connectivity index (χ3v) is 3.48. The van der Waals surface area contributed by atoms with Crippen LogP contribution in [0.1, 0.15) is 16.8 Å². The Balaban J connectivity index is 2.76. The van der Waals surface area contributed by atoms with Gasteiger partial charge in [0.25, 0.3) is 0 Å². The van der Waals surface area contributed by atoms with E-state index >= 15 is 0 Å². The van der Waals surface area contributed by atoms with Crippen molar-refractivity contribution in [3.63, 3.8) is 0 Å². The largest absolute Gasteiger partial charge is 0.478 e. The smallest absolute Gasteiger partial charge is 0.335 e. The molecule has 0 radical (unpaired) electrons. The Hall–Kier alpha value is -1.05. The molecule has 0 aliphatic heterocycles. The Morgan fingerprint density at radius 2 is 2.16 bits per heavy atom. The maximum atomic E-state index is 11.8. The number of carbonyl (C=O) groups is 2. The Morgan fingerprint density at radius 3 is 2.74 bits per heavy atom. The Morgan fingerprint density at radius 1 is 1.47 bits per heavy atom. The molecule has 1 amide bonds. The molecule has 0 fully saturated rings. The minimum Gasteiger partial charge on any atom is -0.478 e. The number of hydrogen-bond donors (Lipinski definition) is 3. The molecule has 1 atom stereocenters. The first-order chi connectivity index (χ1) is 8.93. The fourth-order valence-electron chi connectivity index (χ4n) is 1.40. The topological polar surface area (TPSA) is 92.4 Å². The van der Waals surface area contributed by atoms with Crippen molar-refractivity contribution in [1.29, 1.82) is 0 Å². The van der Waals surface area contributed by atoms with Gasteiger partial charge < -0.3 is 16.2 Å². The van der Waals surface area contributed by atoms with Gasteiger partial charge >= 0.3 is 5.97 Å². The first-order valence-electron chi connectivity index (χ1n) is 5.53. The van der Waals surface area contributed by atoms with Crippen LogP contribution in [-0.2, 0) is 4.79 Å². The van der Waals surface area contributed by atoms with Gasteiger partial charge in [-0.2, -0.15) is 11.8 Å². The van der Waals surface area contributed by atoms with E-state index in [-0.39, 0.29) is 11.5 Å². The van der Waals surface area contributed by atoms with Gasteiger partial charge in [0.15, 0.2) is 0 Å². The van der Waals surface area contributed by atoms with Gasteiger partial charge in [-0.1, -0.05) is 15.9 Å². The predicted molar refractivity (Wildman–Crippen MR) is 80.7 cm³/mol. The molecule has 1 aromatic rings. The predicted octanol–water partition coefficient (Wildman–Crippen LogP) is 2.17. The fraction of sp³-hybridized carbons (Fsp3) is 0.333. The van der Waals surface area contributed by atoms with Crippen LogP contribution in [-0.4, -0.2) is 35.0 Å². The summed E-state index contributed by atoms with van der Waals surface area (Å²) < 4.78 is 0.584. The van der Waals surface area contributed by atoms with Crippen LogP contribution in [0.25, 0.3) is 0 Å². The van der Waals surface area contributed by atoms with E-state index < -0.39 is 12.0 Å². The van der Waals surface area contributed by atoms with Gasteiger partial charge in [0, 0.05) is 10.2 Å². The SMILES string of the molecule is CSCC[C@H](N)C(=O)Nc1cc(Br)cc(C(=O)O)c1. The molecule has 0 bridgehead atoms. The van der Waals surface area contributed by atoms with E-state index in [1.807, 2.05) is 6.26 Å². The highest BCUT2D eigenvalue weighted by Crippen LogP contribution is 2.20. The van der Waals surface area contributed by atoms with Gasteiger partial charge in [0.1, 0.15) is 0 Å². The van der Waals surface area contributed by atoms with Gasteiger partial charge in [0.2, 0.25) is 5.91 Å². The van der Waals surface area contributed by atoms with Crippen LogP contribution >= 0.6 is 27.7 Å². The minimum atomic E-state index is -1.05. The van der Waals surface area contributed by atoms with Crippen LogP contribution in [0.4, 0.5) is 5.69 Å². The number of anilines is 1. The summed E-state index contributed by atoms with van der Waals surface area (Å²) in [6.45, 7) is 0. The van der Waals surface area contributed by atoms with Gasteiger partial charge in [-0.05, 0) is 36.6 Å². The number of benzene rings is 1. The summed E-state index contributed by atoms with van der Waals surface area (Å²) in [5.41, 5.74) is 6.25. The summed E-state index contributed by atoms with van der Waals surface area (Å²) in [6.07, 6.45) is 2.52. The van der Waals surface area contributed by atoms with Crippen molar-refractivity contribution in [3.05, 3.63) is 28.2 Å². The second-order valence-corrected chi connectivity index (χ2v) is 5.81. The van der Waals surface area contributed by atoms with Gasteiger partial charge in [0.05, 0.1) is 11.6 Å². The molecule has 104 valence electrons. The molecular formula is C12H15BrN2O3S. The number of amides is 1. The Labute approximate surface area is 124 Å². The zero-order valence-electron chi connectivity index (χ0n) is 10.4. The third-order valence-electron chi connectivity index (χ3n) is 2.38. The lowest BCUT2D eigenvalue weighted by Crippen LogP contribution is -2.36. The molecule has 1 aromatic carbocycles. The van der Waals surface area contributed by atoms with Gasteiger partial charge in [-0.25, -0.2) is 4.79 Å². The van der Waals surface area contributed by atoms with Crippen molar-refractivity contribution < 1.29 is 14.7 Å². The number of nitrogens with two attached hydrogens (primary N) is 1. The minimum absolute atomic E-state index is 0.0994. The van der Waals surface area contributed by atoms with E-state index in [1.165, 1.54) is 12.1 Å². The van der Waals surface area contributed by atoms with E-state index in [4.69, 9.17) is 10.8 Å². The molecule has 19 heavy (non-hydrogen) atoms.